The van der Waals surface area contributed by atoms with E-state index in [-0.39, 0.29) is 12.0 Å². The molecular weight excluding hydrogens is 259 g/mol. The van der Waals surface area contributed by atoms with Gasteiger partial charge in [-0.25, -0.2) is 4.68 Å². The number of hydrogen-bond donors (Lipinski definition) is 0. The molecule has 2 aromatic rings. The minimum atomic E-state index is -4.70. The predicted octanol–water partition coefficient (Wildman–Crippen LogP) is 2.72. The van der Waals surface area contributed by atoms with Crippen molar-refractivity contribution in [2.45, 2.75) is 20.0 Å². The van der Waals surface area contributed by atoms with Crippen LogP contribution in [0, 0.1) is 13.8 Å². The highest BCUT2D eigenvalue weighted by molar-refractivity contribution is 5.74. The molecule has 4 nitrogen and oxygen atoms in total. The van der Waals surface area contributed by atoms with Gasteiger partial charge in [0.05, 0.1) is 5.69 Å². The normalized spacial score (nSPS) is 11.6. The molecule has 0 N–H and O–H groups in total. The van der Waals surface area contributed by atoms with E-state index in [1.165, 1.54) is 6.07 Å². The number of aryl methyl sites for hydroxylation is 1. The molecule has 100 valence electrons. The number of alkyl halides is 3. The zero-order valence-corrected chi connectivity index (χ0v) is 10.2. The lowest BCUT2D eigenvalue weighted by molar-refractivity contribution is -0.143. The minimum Gasteiger partial charge on any atom is -0.296 e. The van der Waals surface area contributed by atoms with E-state index in [0.29, 0.717) is 10.2 Å². The van der Waals surface area contributed by atoms with E-state index in [1.807, 2.05) is 0 Å². The predicted molar refractivity (Wildman–Crippen MR) is 61.2 cm³/mol. The number of halogens is 3. The molecule has 0 aliphatic heterocycles. The van der Waals surface area contributed by atoms with Gasteiger partial charge in [-0.1, -0.05) is 17.3 Å². The summed E-state index contributed by atoms with van der Waals surface area (Å²) >= 11 is 0. The van der Waals surface area contributed by atoms with Gasteiger partial charge in [0.1, 0.15) is 0 Å². The number of carbonyl (C=O) groups excluding carboxylic acids is 1. The summed E-state index contributed by atoms with van der Waals surface area (Å²) in [6, 6.07) is 4.91. The monoisotopic (exact) mass is 269 g/mol. The molecule has 1 aromatic heterocycles. The molecule has 1 heterocycles. The number of carbonyl (C=O) groups is 1. The van der Waals surface area contributed by atoms with Gasteiger partial charge >= 0.3 is 6.18 Å². The van der Waals surface area contributed by atoms with Crippen molar-refractivity contribution >= 4 is 6.29 Å². The molecule has 0 saturated heterocycles. The molecule has 0 atom stereocenters. The standard InChI is InChI=1S/C12H10F3N3O/c1-7-4-3-5-10(8(7)2)18-11(12(13,14)15)9(6-19)16-17-18/h3-6H,1-2H3. The molecule has 1 aromatic carbocycles. The highest BCUT2D eigenvalue weighted by Crippen LogP contribution is 2.33. The van der Waals surface area contributed by atoms with Crippen molar-refractivity contribution in [3.05, 3.63) is 40.7 Å². The largest absolute Gasteiger partial charge is 0.435 e. The smallest absolute Gasteiger partial charge is 0.296 e. The van der Waals surface area contributed by atoms with Crippen molar-refractivity contribution in [1.29, 1.82) is 0 Å². The number of rotatable bonds is 2. The average molecular weight is 269 g/mol. The molecule has 0 spiro atoms. The molecule has 7 heteroatoms. The van der Waals surface area contributed by atoms with Gasteiger partial charge < -0.3 is 0 Å². The fourth-order valence-electron chi connectivity index (χ4n) is 1.77. The fourth-order valence-corrected chi connectivity index (χ4v) is 1.77. The van der Waals surface area contributed by atoms with Gasteiger partial charge in [-0.15, -0.1) is 5.10 Å². The van der Waals surface area contributed by atoms with Crippen molar-refractivity contribution < 1.29 is 18.0 Å². The first-order valence-corrected chi connectivity index (χ1v) is 5.41. The minimum absolute atomic E-state index is 0.0530. The molecule has 0 unspecified atom stereocenters. The van der Waals surface area contributed by atoms with Crippen LogP contribution in [-0.2, 0) is 6.18 Å². The van der Waals surface area contributed by atoms with Crippen molar-refractivity contribution in [2.75, 3.05) is 0 Å². The van der Waals surface area contributed by atoms with Crippen LogP contribution in [0.1, 0.15) is 27.3 Å². The maximum Gasteiger partial charge on any atom is 0.435 e. The first-order valence-electron chi connectivity index (χ1n) is 5.41. The van der Waals surface area contributed by atoms with E-state index in [4.69, 9.17) is 0 Å². The summed E-state index contributed by atoms with van der Waals surface area (Å²) in [6.45, 7) is 3.47. The molecule has 0 aliphatic rings. The first kappa shape index (κ1) is 13.3. The Balaban J connectivity index is 2.73. The molecule has 0 saturated carbocycles. The van der Waals surface area contributed by atoms with Crippen LogP contribution in [-0.4, -0.2) is 21.3 Å². The van der Waals surface area contributed by atoms with Gasteiger partial charge in [0.25, 0.3) is 0 Å². The van der Waals surface area contributed by atoms with Crippen LogP contribution < -0.4 is 0 Å². The van der Waals surface area contributed by atoms with Crippen LogP contribution in [0.15, 0.2) is 18.2 Å². The third-order valence-electron chi connectivity index (χ3n) is 2.88. The molecule has 2 rings (SSSR count). The molecule has 0 fully saturated rings. The second kappa shape index (κ2) is 4.49. The van der Waals surface area contributed by atoms with Crippen molar-refractivity contribution in [2.24, 2.45) is 0 Å². The zero-order chi connectivity index (χ0) is 14.2. The Morgan fingerprint density at radius 2 is 1.95 bits per heavy atom. The highest BCUT2D eigenvalue weighted by atomic mass is 19.4. The molecule has 0 radical (unpaired) electrons. The Labute approximate surface area is 106 Å². The van der Waals surface area contributed by atoms with Gasteiger partial charge in [-0.3, -0.25) is 4.79 Å². The maximum absolute atomic E-state index is 13.0. The first-order chi connectivity index (χ1) is 8.86. The number of hydrogen-bond acceptors (Lipinski definition) is 3. The number of aldehydes is 1. The number of aromatic nitrogens is 3. The maximum atomic E-state index is 13.0. The second-order valence-electron chi connectivity index (χ2n) is 4.07. The number of benzene rings is 1. The zero-order valence-electron chi connectivity index (χ0n) is 10.2. The molecule has 0 amide bonds. The Morgan fingerprint density at radius 1 is 1.26 bits per heavy atom. The molecule has 0 aliphatic carbocycles. The third kappa shape index (κ3) is 2.23. The Kier molecular flexibility index (Phi) is 3.13. The van der Waals surface area contributed by atoms with Gasteiger partial charge in [0, 0.05) is 0 Å². The molecular formula is C12H10F3N3O. The van der Waals surface area contributed by atoms with Crippen LogP contribution in [0.4, 0.5) is 13.2 Å². The van der Waals surface area contributed by atoms with Gasteiger partial charge in [-0.05, 0) is 31.0 Å². The Morgan fingerprint density at radius 3 is 2.53 bits per heavy atom. The quantitative estimate of drug-likeness (QED) is 0.787. The summed E-state index contributed by atoms with van der Waals surface area (Å²) < 4.78 is 39.6. The molecule has 0 bridgehead atoms. The van der Waals surface area contributed by atoms with Crippen LogP contribution >= 0.6 is 0 Å². The summed E-state index contributed by atoms with van der Waals surface area (Å²) in [5.74, 6) is 0. The van der Waals surface area contributed by atoms with E-state index in [1.54, 1.807) is 26.0 Å². The lowest BCUT2D eigenvalue weighted by atomic mass is 10.1. The summed E-state index contributed by atoms with van der Waals surface area (Å²) in [7, 11) is 0. The van der Waals surface area contributed by atoms with Crippen molar-refractivity contribution in [1.82, 2.24) is 15.0 Å². The van der Waals surface area contributed by atoms with Gasteiger partial charge in [0.15, 0.2) is 17.7 Å². The topological polar surface area (TPSA) is 47.8 Å². The fraction of sp³-hybridized carbons (Fsp3) is 0.250. The molecule has 19 heavy (non-hydrogen) atoms. The Hall–Kier alpha value is -2.18. The van der Waals surface area contributed by atoms with Crippen LogP contribution in [0.25, 0.3) is 5.69 Å². The lowest BCUT2D eigenvalue weighted by Crippen LogP contribution is -2.16. The lowest BCUT2D eigenvalue weighted by Gasteiger charge is -2.13. The van der Waals surface area contributed by atoms with Crippen molar-refractivity contribution in [3.8, 4) is 5.69 Å². The van der Waals surface area contributed by atoms with Gasteiger partial charge in [0.2, 0.25) is 0 Å². The van der Waals surface area contributed by atoms with Crippen molar-refractivity contribution in [3.63, 3.8) is 0 Å². The van der Waals surface area contributed by atoms with E-state index >= 15 is 0 Å². The van der Waals surface area contributed by atoms with Crippen LogP contribution in [0.3, 0.4) is 0 Å². The highest BCUT2D eigenvalue weighted by Gasteiger charge is 2.40. The SMILES string of the molecule is Cc1cccc(-n2nnc(C=O)c2C(F)(F)F)c1C. The summed E-state index contributed by atoms with van der Waals surface area (Å²) in [6.07, 6.45) is -4.65. The second-order valence-corrected chi connectivity index (χ2v) is 4.07. The Bertz CT molecular complexity index is 632. The average Bonchev–Trinajstić information content (AvgIpc) is 2.76. The summed E-state index contributed by atoms with van der Waals surface area (Å²) in [4.78, 5) is 10.7. The van der Waals surface area contributed by atoms with E-state index in [9.17, 15) is 18.0 Å². The van der Waals surface area contributed by atoms with Gasteiger partial charge in [-0.2, -0.15) is 13.2 Å². The summed E-state index contributed by atoms with van der Waals surface area (Å²) in [5.41, 5.74) is -0.137. The van der Waals surface area contributed by atoms with Crippen LogP contribution in [0.2, 0.25) is 0 Å². The van der Waals surface area contributed by atoms with Crippen LogP contribution in [0.5, 0.6) is 0 Å². The van der Waals surface area contributed by atoms with E-state index < -0.39 is 17.6 Å². The van der Waals surface area contributed by atoms with E-state index in [2.05, 4.69) is 10.3 Å². The van der Waals surface area contributed by atoms with E-state index in [0.717, 1.165) is 5.56 Å². The number of nitrogens with zero attached hydrogens (tertiary/aromatic N) is 3. The summed E-state index contributed by atoms with van der Waals surface area (Å²) in [5, 5.41) is 6.71. The third-order valence-corrected chi connectivity index (χ3v) is 2.88.